The van der Waals surface area contributed by atoms with E-state index >= 15 is 0 Å². The molecule has 146 valence electrons. The Hall–Kier alpha value is -2.68. The predicted molar refractivity (Wildman–Crippen MR) is 101 cm³/mol. The number of para-hydroxylation sites is 1. The van der Waals surface area contributed by atoms with Crippen LogP contribution in [-0.2, 0) is 30.2 Å². The summed E-state index contributed by atoms with van der Waals surface area (Å²) in [5.41, 5.74) is 0.996. The van der Waals surface area contributed by atoms with E-state index in [9.17, 15) is 9.59 Å². The number of esters is 2. The van der Waals surface area contributed by atoms with Gasteiger partial charge in [-0.25, -0.2) is 9.59 Å². The molecule has 7 nitrogen and oxygen atoms in total. The van der Waals surface area contributed by atoms with Crippen molar-refractivity contribution in [3.63, 3.8) is 0 Å². The average Bonchev–Trinajstić information content (AvgIpc) is 3.20. The fourth-order valence-corrected chi connectivity index (χ4v) is 3.80. The molecule has 0 bridgehead atoms. The molecule has 2 aliphatic heterocycles. The van der Waals surface area contributed by atoms with Gasteiger partial charge < -0.3 is 18.9 Å². The Morgan fingerprint density at radius 1 is 1.14 bits per heavy atom. The number of benzene rings is 1. The third-order valence-electron chi connectivity index (χ3n) is 4.39. The molecule has 1 aromatic carbocycles. The van der Waals surface area contributed by atoms with Gasteiger partial charge >= 0.3 is 11.9 Å². The smallest absolute Gasteiger partial charge is 0.333 e. The van der Waals surface area contributed by atoms with Crippen LogP contribution in [0.25, 0.3) is 0 Å². The molecule has 2 atom stereocenters. The van der Waals surface area contributed by atoms with Crippen molar-refractivity contribution in [2.45, 2.75) is 18.4 Å². The largest absolute Gasteiger partial charge is 0.486 e. The van der Waals surface area contributed by atoms with Crippen molar-refractivity contribution in [2.24, 2.45) is 0 Å². The molecular formula is C20H19NO6S. The molecule has 1 fully saturated rings. The van der Waals surface area contributed by atoms with Crippen LogP contribution in [-0.4, -0.2) is 43.7 Å². The molecule has 2 aromatic rings. The third kappa shape index (κ3) is 4.09. The number of hydrogen-bond donors (Lipinski definition) is 1. The predicted octanol–water partition coefficient (Wildman–Crippen LogP) is 2.02. The SMILES string of the molecule is O=C1/C=C\C(=O)OC2(COc3ccccc3Cc3cccs3)OCCNC2O1. The van der Waals surface area contributed by atoms with Gasteiger partial charge in [0.25, 0.3) is 5.79 Å². The number of fused-ring (bicyclic) bond motifs is 1. The van der Waals surface area contributed by atoms with E-state index in [0.29, 0.717) is 12.3 Å². The molecular weight excluding hydrogens is 382 g/mol. The van der Waals surface area contributed by atoms with Crippen molar-refractivity contribution in [3.8, 4) is 5.75 Å². The zero-order valence-electron chi connectivity index (χ0n) is 15.0. The molecule has 0 amide bonds. The van der Waals surface area contributed by atoms with Gasteiger partial charge in [-0.1, -0.05) is 24.3 Å². The first-order chi connectivity index (χ1) is 13.6. The van der Waals surface area contributed by atoms with Crippen LogP contribution in [0.15, 0.2) is 53.9 Å². The zero-order valence-corrected chi connectivity index (χ0v) is 15.8. The quantitative estimate of drug-likeness (QED) is 0.768. The fraction of sp³-hybridized carbons (Fsp3) is 0.300. The topological polar surface area (TPSA) is 83.1 Å². The van der Waals surface area contributed by atoms with E-state index in [2.05, 4.69) is 11.4 Å². The lowest BCUT2D eigenvalue weighted by atomic mass is 10.1. The lowest BCUT2D eigenvalue weighted by molar-refractivity contribution is -0.301. The number of hydrogen-bond acceptors (Lipinski definition) is 8. The highest BCUT2D eigenvalue weighted by Gasteiger charge is 2.50. The highest BCUT2D eigenvalue weighted by atomic mass is 32.1. The summed E-state index contributed by atoms with van der Waals surface area (Å²) in [7, 11) is 0. The highest BCUT2D eigenvalue weighted by molar-refractivity contribution is 7.09. The van der Waals surface area contributed by atoms with E-state index in [0.717, 1.165) is 24.1 Å². The number of thiophene rings is 1. The molecule has 0 spiro atoms. The first kappa shape index (κ1) is 18.7. The second kappa shape index (κ2) is 8.14. The van der Waals surface area contributed by atoms with E-state index in [4.69, 9.17) is 18.9 Å². The summed E-state index contributed by atoms with van der Waals surface area (Å²) in [5.74, 6) is -2.26. The minimum Gasteiger partial charge on any atom is -0.486 e. The van der Waals surface area contributed by atoms with Gasteiger partial charge in [0.15, 0.2) is 6.61 Å². The monoisotopic (exact) mass is 401 g/mol. The number of carbonyl (C=O) groups excluding carboxylic acids is 2. The second-order valence-electron chi connectivity index (χ2n) is 6.34. The Bertz CT molecular complexity index is 881. The van der Waals surface area contributed by atoms with E-state index in [-0.39, 0.29) is 13.2 Å². The molecule has 4 rings (SSSR count). The molecule has 3 heterocycles. The van der Waals surface area contributed by atoms with Gasteiger partial charge in [0.2, 0.25) is 6.23 Å². The zero-order chi connectivity index (χ0) is 19.4. The lowest BCUT2D eigenvalue weighted by Crippen LogP contribution is -2.64. The van der Waals surface area contributed by atoms with Crippen LogP contribution in [0.1, 0.15) is 10.4 Å². The van der Waals surface area contributed by atoms with Crippen LogP contribution in [0.3, 0.4) is 0 Å². The van der Waals surface area contributed by atoms with Gasteiger partial charge in [0.05, 0.1) is 6.61 Å². The maximum absolute atomic E-state index is 12.1. The molecule has 8 heteroatoms. The molecule has 1 N–H and O–H groups in total. The van der Waals surface area contributed by atoms with Crippen molar-refractivity contribution in [2.75, 3.05) is 19.8 Å². The standard InChI is InChI=1S/C20H19NO6S/c22-17-7-8-18(23)27-20(19(26-17)21-9-10-25-20)13-24-16-6-2-1-4-14(16)12-15-5-3-11-28-15/h1-8,11,19,21H,9-10,12-13H2/b8-7-. The average molecular weight is 401 g/mol. The van der Waals surface area contributed by atoms with Crippen molar-refractivity contribution in [1.82, 2.24) is 5.32 Å². The normalized spacial score (nSPS) is 25.6. The summed E-state index contributed by atoms with van der Waals surface area (Å²) < 4.78 is 22.6. The third-order valence-corrected chi connectivity index (χ3v) is 5.26. The molecule has 0 radical (unpaired) electrons. The Balaban J connectivity index is 1.56. The van der Waals surface area contributed by atoms with Gasteiger partial charge in [0, 0.05) is 30.0 Å². The van der Waals surface area contributed by atoms with Gasteiger partial charge in [-0.3, -0.25) is 5.32 Å². The van der Waals surface area contributed by atoms with Crippen LogP contribution in [0, 0.1) is 0 Å². The van der Waals surface area contributed by atoms with E-state index in [1.165, 1.54) is 4.88 Å². The van der Waals surface area contributed by atoms with Crippen LogP contribution in [0.4, 0.5) is 0 Å². The van der Waals surface area contributed by atoms with E-state index in [1.54, 1.807) is 11.3 Å². The summed E-state index contributed by atoms with van der Waals surface area (Å²) in [6.45, 7) is 0.611. The first-order valence-electron chi connectivity index (χ1n) is 8.87. The van der Waals surface area contributed by atoms with Gasteiger partial charge in [-0.05, 0) is 23.1 Å². The first-order valence-corrected chi connectivity index (χ1v) is 9.75. The molecule has 1 saturated heterocycles. The maximum Gasteiger partial charge on any atom is 0.333 e. The highest BCUT2D eigenvalue weighted by Crippen LogP contribution is 2.29. The van der Waals surface area contributed by atoms with Gasteiger partial charge in [0.1, 0.15) is 5.75 Å². The molecule has 2 aliphatic rings. The van der Waals surface area contributed by atoms with Crippen molar-refractivity contribution in [3.05, 3.63) is 64.4 Å². The molecule has 2 unspecified atom stereocenters. The number of rotatable bonds is 5. The molecule has 28 heavy (non-hydrogen) atoms. The minimum absolute atomic E-state index is 0.126. The van der Waals surface area contributed by atoms with Gasteiger partial charge in [-0.2, -0.15) is 0 Å². The molecule has 1 aromatic heterocycles. The van der Waals surface area contributed by atoms with E-state index in [1.807, 2.05) is 35.7 Å². The van der Waals surface area contributed by atoms with Crippen molar-refractivity contribution >= 4 is 23.3 Å². The van der Waals surface area contributed by atoms with Crippen LogP contribution < -0.4 is 10.1 Å². The van der Waals surface area contributed by atoms with Crippen LogP contribution >= 0.6 is 11.3 Å². The Kier molecular flexibility index (Phi) is 5.43. The summed E-state index contributed by atoms with van der Waals surface area (Å²) in [6.07, 6.45) is 1.80. The maximum atomic E-state index is 12.1. The summed E-state index contributed by atoms with van der Waals surface area (Å²) in [4.78, 5) is 25.1. The molecule has 0 aliphatic carbocycles. The van der Waals surface area contributed by atoms with E-state index < -0.39 is 24.0 Å². The lowest BCUT2D eigenvalue weighted by Gasteiger charge is -2.41. The Morgan fingerprint density at radius 2 is 2.00 bits per heavy atom. The van der Waals surface area contributed by atoms with Gasteiger partial charge in [-0.15, -0.1) is 11.3 Å². The Morgan fingerprint density at radius 3 is 2.86 bits per heavy atom. The number of ether oxygens (including phenoxy) is 4. The number of carbonyl (C=O) groups is 2. The fourth-order valence-electron chi connectivity index (χ4n) is 3.07. The van der Waals surface area contributed by atoms with Crippen LogP contribution in [0.2, 0.25) is 0 Å². The molecule has 0 saturated carbocycles. The minimum atomic E-state index is -1.56. The van der Waals surface area contributed by atoms with Crippen molar-refractivity contribution < 1.29 is 28.5 Å². The summed E-state index contributed by atoms with van der Waals surface area (Å²) in [6, 6.07) is 11.7. The summed E-state index contributed by atoms with van der Waals surface area (Å²) in [5, 5.41) is 5.04. The summed E-state index contributed by atoms with van der Waals surface area (Å²) >= 11 is 1.67. The second-order valence-corrected chi connectivity index (χ2v) is 7.37. The van der Waals surface area contributed by atoms with Crippen LogP contribution in [0.5, 0.6) is 5.75 Å². The van der Waals surface area contributed by atoms with Crippen molar-refractivity contribution in [1.29, 1.82) is 0 Å². The Labute approximate surface area is 165 Å². The number of morpholine rings is 1. The number of nitrogens with one attached hydrogen (secondary N) is 1.